The molecule has 1 atom stereocenters. The fourth-order valence-corrected chi connectivity index (χ4v) is 2.30. The standard InChI is InChI=1S/C16H19BrN2O/c1-11-9-12(3-8-15(11)17)16(10-18)19-13-4-6-14(20-2)7-5-13/h3-9,16,19H,10,18H2,1-2H3. The lowest BCUT2D eigenvalue weighted by molar-refractivity contribution is 0.415. The van der Waals surface area contributed by atoms with E-state index >= 15 is 0 Å². The van der Waals surface area contributed by atoms with Gasteiger partial charge in [-0.2, -0.15) is 0 Å². The van der Waals surface area contributed by atoms with Crippen LogP contribution in [0.25, 0.3) is 0 Å². The molecule has 3 nitrogen and oxygen atoms in total. The van der Waals surface area contributed by atoms with Gasteiger partial charge in [-0.05, 0) is 48.4 Å². The number of nitrogens with one attached hydrogen (secondary N) is 1. The number of hydrogen-bond donors (Lipinski definition) is 2. The molecule has 0 aliphatic heterocycles. The van der Waals surface area contributed by atoms with Gasteiger partial charge in [0.15, 0.2) is 0 Å². The summed E-state index contributed by atoms with van der Waals surface area (Å²) in [6.07, 6.45) is 0. The summed E-state index contributed by atoms with van der Waals surface area (Å²) >= 11 is 3.52. The minimum Gasteiger partial charge on any atom is -0.497 e. The Morgan fingerprint density at radius 1 is 1.20 bits per heavy atom. The van der Waals surface area contributed by atoms with E-state index in [1.165, 1.54) is 11.1 Å². The van der Waals surface area contributed by atoms with E-state index in [4.69, 9.17) is 10.5 Å². The second-order valence-electron chi connectivity index (χ2n) is 4.67. The van der Waals surface area contributed by atoms with Crippen LogP contribution in [0.15, 0.2) is 46.9 Å². The molecule has 2 rings (SSSR count). The Kier molecular flexibility index (Phi) is 5.04. The normalized spacial score (nSPS) is 12.0. The minimum absolute atomic E-state index is 0.0928. The molecule has 0 heterocycles. The highest BCUT2D eigenvalue weighted by Crippen LogP contribution is 2.24. The lowest BCUT2D eigenvalue weighted by Crippen LogP contribution is -2.20. The van der Waals surface area contributed by atoms with Gasteiger partial charge in [0.1, 0.15) is 5.75 Å². The Morgan fingerprint density at radius 3 is 2.45 bits per heavy atom. The van der Waals surface area contributed by atoms with Gasteiger partial charge in [-0.3, -0.25) is 0 Å². The van der Waals surface area contributed by atoms with Crippen LogP contribution in [-0.4, -0.2) is 13.7 Å². The summed E-state index contributed by atoms with van der Waals surface area (Å²) in [4.78, 5) is 0. The maximum atomic E-state index is 5.90. The monoisotopic (exact) mass is 334 g/mol. The molecule has 0 fully saturated rings. The van der Waals surface area contributed by atoms with E-state index in [-0.39, 0.29) is 6.04 Å². The number of nitrogens with two attached hydrogens (primary N) is 1. The van der Waals surface area contributed by atoms with Crippen molar-refractivity contribution in [2.75, 3.05) is 19.0 Å². The molecule has 4 heteroatoms. The molecule has 2 aromatic carbocycles. The zero-order chi connectivity index (χ0) is 14.5. The Balaban J connectivity index is 2.16. The summed E-state index contributed by atoms with van der Waals surface area (Å²) in [5, 5.41) is 3.45. The summed E-state index contributed by atoms with van der Waals surface area (Å²) in [5.74, 6) is 0.847. The van der Waals surface area contributed by atoms with Gasteiger partial charge >= 0.3 is 0 Å². The number of rotatable bonds is 5. The first-order valence-corrected chi connectivity index (χ1v) is 7.30. The van der Waals surface area contributed by atoms with Crippen LogP contribution in [0.3, 0.4) is 0 Å². The van der Waals surface area contributed by atoms with Crippen LogP contribution in [0.5, 0.6) is 5.75 Å². The minimum atomic E-state index is 0.0928. The van der Waals surface area contributed by atoms with Crippen LogP contribution in [-0.2, 0) is 0 Å². The molecular weight excluding hydrogens is 316 g/mol. The topological polar surface area (TPSA) is 47.3 Å². The van der Waals surface area contributed by atoms with Crippen molar-refractivity contribution in [1.82, 2.24) is 0 Å². The molecule has 2 aromatic rings. The van der Waals surface area contributed by atoms with E-state index in [0.29, 0.717) is 6.54 Å². The largest absolute Gasteiger partial charge is 0.497 e. The second-order valence-corrected chi connectivity index (χ2v) is 5.52. The van der Waals surface area contributed by atoms with Crippen LogP contribution in [0, 0.1) is 6.92 Å². The molecule has 20 heavy (non-hydrogen) atoms. The third-order valence-corrected chi connectivity index (χ3v) is 4.14. The van der Waals surface area contributed by atoms with Crippen molar-refractivity contribution in [3.8, 4) is 5.75 Å². The van der Waals surface area contributed by atoms with Crippen molar-refractivity contribution in [1.29, 1.82) is 0 Å². The Morgan fingerprint density at radius 2 is 1.90 bits per heavy atom. The Bertz CT molecular complexity index is 569. The number of halogens is 1. The van der Waals surface area contributed by atoms with Gasteiger partial charge in [-0.15, -0.1) is 0 Å². The quantitative estimate of drug-likeness (QED) is 0.872. The number of hydrogen-bond acceptors (Lipinski definition) is 3. The molecule has 1 unspecified atom stereocenters. The number of methoxy groups -OCH3 is 1. The van der Waals surface area contributed by atoms with E-state index < -0.39 is 0 Å². The van der Waals surface area contributed by atoms with Gasteiger partial charge in [0.05, 0.1) is 13.2 Å². The maximum absolute atomic E-state index is 5.90. The Hall–Kier alpha value is -1.52. The maximum Gasteiger partial charge on any atom is 0.119 e. The van der Waals surface area contributed by atoms with Crippen LogP contribution in [0.4, 0.5) is 5.69 Å². The Labute approximate surface area is 128 Å². The molecule has 0 aliphatic carbocycles. The first kappa shape index (κ1) is 14.9. The highest BCUT2D eigenvalue weighted by atomic mass is 79.9. The predicted molar refractivity (Wildman–Crippen MR) is 87.3 cm³/mol. The predicted octanol–water partition coefficient (Wildman–Crippen LogP) is 3.88. The first-order valence-electron chi connectivity index (χ1n) is 6.50. The fraction of sp³-hybridized carbons (Fsp3) is 0.250. The molecular formula is C16H19BrN2O. The molecule has 0 aliphatic rings. The van der Waals surface area contributed by atoms with Crippen LogP contribution < -0.4 is 15.8 Å². The van der Waals surface area contributed by atoms with E-state index in [9.17, 15) is 0 Å². The lowest BCUT2D eigenvalue weighted by atomic mass is 10.0. The van der Waals surface area contributed by atoms with Crippen LogP contribution in [0.1, 0.15) is 17.2 Å². The average Bonchev–Trinajstić information content (AvgIpc) is 2.48. The highest BCUT2D eigenvalue weighted by molar-refractivity contribution is 9.10. The molecule has 0 aromatic heterocycles. The third kappa shape index (κ3) is 3.52. The molecule has 0 amide bonds. The SMILES string of the molecule is COc1ccc(NC(CN)c2ccc(Br)c(C)c2)cc1. The van der Waals surface area contributed by atoms with Crippen LogP contribution in [0.2, 0.25) is 0 Å². The highest BCUT2D eigenvalue weighted by Gasteiger charge is 2.10. The van der Waals surface area contributed by atoms with E-state index in [0.717, 1.165) is 15.9 Å². The first-order chi connectivity index (χ1) is 9.63. The third-order valence-electron chi connectivity index (χ3n) is 3.25. The summed E-state index contributed by atoms with van der Waals surface area (Å²) in [6, 6.07) is 14.2. The molecule has 0 spiro atoms. The van der Waals surface area contributed by atoms with E-state index in [2.05, 4.69) is 46.4 Å². The van der Waals surface area contributed by atoms with Crippen molar-refractivity contribution in [2.24, 2.45) is 5.73 Å². The summed E-state index contributed by atoms with van der Waals surface area (Å²) in [6.45, 7) is 2.61. The summed E-state index contributed by atoms with van der Waals surface area (Å²) < 4.78 is 6.27. The van der Waals surface area contributed by atoms with E-state index in [1.807, 2.05) is 24.3 Å². The zero-order valence-corrected chi connectivity index (χ0v) is 13.3. The average molecular weight is 335 g/mol. The van der Waals surface area contributed by atoms with Gasteiger partial charge in [0, 0.05) is 16.7 Å². The smallest absolute Gasteiger partial charge is 0.119 e. The summed E-state index contributed by atoms with van der Waals surface area (Å²) in [7, 11) is 1.66. The van der Waals surface area contributed by atoms with Crippen molar-refractivity contribution in [2.45, 2.75) is 13.0 Å². The van der Waals surface area contributed by atoms with Crippen molar-refractivity contribution < 1.29 is 4.74 Å². The lowest BCUT2D eigenvalue weighted by Gasteiger charge is -2.19. The second kappa shape index (κ2) is 6.77. The van der Waals surface area contributed by atoms with Gasteiger partial charge in [-0.1, -0.05) is 28.1 Å². The number of ether oxygens (including phenoxy) is 1. The van der Waals surface area contributed by atoms with Gasteiger partial charge < -0.3 is 15.8 Å². The summed E-state index contributed by atoms with van der Waals surface area (Å²) in [5.41, 5.74) is 9.32. The number of aryl methyl sites for hydroxylation is 1. The van der Waals surface area contributed by atoms with Gasteiger partial charge in [0.2, 0.25) is 0 Å². The van der Waals surface area contributed by atoms with Crippen LogP contribution >= 0.6 is 15.9 Å². The van der Waals surface area contributed by atoms with E-state index in [1.54, 1.807) is 7.11 Å². The van der Waals surface area contributed by atoms with Crippen molar-refractivity contribution >= 4 is 21.6 Å². The molecule has 0 bridgehead atoms. The molecule has 106 valence electrons. The number of anilines is 1. The van der Waals surface area contributed by atoms with Gasteiger partial charge in [-0.25, -0.2) is 0 Å². The molecule has 0 saturated heterocycles. The zero-order valence-electron chi connectivity index (χ0n) is 11.7. The molecule has 0 saturated carbocycles. The number of benzene rings is 2. The molecule has 3 N–H and O–H groups in total. The van der Waals surface area contributed by atoms with Crippen molar-refractivity contribution in [3.05, 3.63) is 58.1 Å². The van der Waals surface area contributed by atoms with Crippen molar-refractivity contribution in [3.63, 3.8) is 0 Å². The molecule has 0 radical (unpaired) electrons. The van der Waals surface area contributed by atoms with Gasteiger partial charge in [0.25, 0.3) is 0 Å². The fourth-order valence-electron chi connectivity index (χ4n) is 2.05.